The summed E-state index contributed by atoms with van der Waals surface area (Å²) in [5, 5.41) is 0. The molecule has 4 rings (SSSR count). The second-order valence-electron chi connectivity index (χ2n) is 8.03. The molecule has 6 heteroatoms. The molecule has 5 nitrogen and oxygen atoms in total. The maximum atomic E-state index is 12.7. The van der Waals surface area contributed by atoms with E-state index in [1.165, 1.54) is 4.90 Å². The summed E-state index contributed by atoms with van der Waals surface area (Å²) >= 11 is 0. The fourth-order valence-electron chi connectivity index (χ4n) is 3.43. The van der Waals surface area contributed by atoms with Gasteiger partial charge in [0, 0.05) is 0 Å². The first-order valence-electron chi connectivity index (χ1n) is 9.10. The number of fused-ring (bicyclic) bond motifs is 1. The van der Waals surface area contributed by atoms with E-state index in [1.807, 2.05) is 52.0 Å². The van der Waals surface area contributed by atoms with Gasteiger partial charge in [-0.1, -0.05) is 36.4 Å². The topological polar surface area (TPSA) is 55.8 Å². The number of benzene rings is 2. The van der Waals surface area contributed by atoms with Gasteiger partial charge in [-0.05, 0) is 50.9 Å². The highest BCUT2D eigenvalue weighted by Gasteiger charge is 2.52. The first-order chi connectivity index (χ1) is 12.7. The molecular formula is C21H22BNO4. The normalized spacial score (nSPS) is 20.3. The average Bonchev–Trinajstić information content (AvgIpc) is 2.99. The molecule has 1 saturated heterocycles. The Bertz CT molecular complexity index is 886. The Morgan fingerprint density at radius 2 is 1.30 bits per heavy atom. The Labute approximate surface area is 159 Å². The van der Waals surface area contributed by atoms with Crippen molar-refractivity contribution >= 4 is 24.4 Å². The van der Waals surface area contributed by atoms with E-state index in [-0.39, 0.29) is 18.4 Å². The monoisotopic (exact) mass is 363 g/mol. The lowest BCUT2D eigenvalue weighted by Gasteiger charge is -2.32. The predicted molar refractivity (Wildman–Crippen MR) is 103 cm³/mol. The molecule has 138 valence electrons. The zero-order chi connectivity index (χ0) is 19.4. The van der Waals surface area contributed by atoms with E-state index in [0.717, 1.165) is 11.0 Å². The third kappa shape index (κ3) is 2.80. The molecule has 0 radical (unpaired) electrons. The van der Waals surface area contributed by atoms with E-state index >= 15 is 0 Å². The maximum absolute atomic E-state index is 12.7. The Balaban J connectivity index is 1.64. The van der Waals surface area contributed by atoms with E-state index in [4.69, 9.17) is 9.31 Å². The van der Waals surface area contributed by atoms with Crippen LogP contribution in [-0.4, -0.2) is 35.0 Å². The minimum atomic E-state index is -0.540. The fraction of sp³-hybridized carbons (Fsp3) is 0.333. The number of amides is 2. The highest BCUT2D eigenvalue weighted by Crippen LogP contribution is 2.36. The highest BCUT2D eigenvalue weighted by molar-refractivity contribution is 6.62. The van der Waals surface area contributed by atoms with Crippen molar-refractivity contribution in [1.82, 2.24) is 4.90 Å². The zero-order valence-corrected chi connectivity index (χ0v) is 16.0. The van der Waals surface area contributed by atoms with Crippen LogP contribution in [0.15, 0.2) is 48.5 Å². The first kappa shape index (κ1) is 18.0. The number of hydrogen-bond donors (Lipinski definition) is 0. The van der Waals surface area contributed by atoms with Crippen LogP contribution in [0.2, 0.25) is 0 Å². The summed E-state index contributed by atoms with van der Waals surface area (Å²) in [6.07, 6.45) is 0. The van der Waals surface area contributed by atoms with Crippen LogP contribution >= 0.6 is 0 Å². The molecule has 0 unspecified atom stereocenters. The summed E-state index contributed by atoms with van der Waals surface area (Å²) in [4.78, 5) is 26.7. The van der Waals surface area contributed by atoms with Gasteiger partial charge in [0.2, 0.25) is 0 Å². The van der Waals surface area contributed by atoms with Crippen LogP contribution in [0.1, 0.15) is 54.0 Å². The van der Waals surface area contributed by atoms with E-state index in [1.54, 1.807) is 24.3 Å². The molecule has 2 amide bonds. The number of rotatable bonds is 3. The molecule has 0 aliphatic carbocycles. The number of imide groups is 1. The molecule has 0 aromatic heterocycles. The van der Waals surface area contributed by atoms with Gasteiger partial charge in [0.25, 0.3) is 11.8 Å². The van der Waals surface area contributed by atoms with Crippen molar-refractivity contribution in [2.24, 2.45) is 0 Å². The second-order valence-corrected chi connectivity index (χ2v) is 8.03. The van der Waals surface area contributed by atoms with Crippen LogP contribution in [0.3, 0.4) is 0 Å². The van der Waals surface area contributed by atoms with Crippen LogP contribution in [-0.2, 0) is 15.9 Å². The van der Waals surface area contributed by atoms with Gasteiger partial charge in [-0.3, -0.25) is 14.5 Å². The molecule has 0 atom stereocenters. The Hall–Kier alpha value is -2.44. The molecule has 2 aromatic rings. The first-order valence-corrected chi connectivity index (χ1v) is 9.10. The van der Waals surface area contributed by atoms with Crippen LogP contribution in [0.5, 0.6) is 0 Å². The Morgan fingerprint density at radius 3 is 1.85 bits per heavy atom. The van der Waals surface area contributed by atoms with E-state index < -0.39 is 18.3 Å². The second kappa shape index (κ2) is 6.04. The SMILES string of the molecule is CC1(C)OB(c2ccccc2CN2C(=O)c3ccccc3C2=O)OC1(C)C. The van der Waals surface area contributed by atoms with Gasteiger partial charge in [0.1, 0.15) is 0 Å². The van der Waals surface area contributed by atoms with Gasteiger partial charge in [0.05, 0.1) is 28.9 Å². The van der Waals surface area contributed by atoms with Crippen molar-refractivity contribution in [3.8, 4) is 0 Å². The minimum absolute atomic E-state index is 0.187. The van der Waals surface area contributed by atoms with Crippen molar-refractivity contribution in [1.29, 1.82) is 0 Å². The highest BCUT2D eigenvalue weighted by atomic mass is 16.7. The number of carbonyl (C=O) groups excluding carboxylic acids is 2. The molecule has 0 bridgehead atoms. The predicted octanol–water partition coefficient (Wildman–Crippen LogP) is 2.78. The smallest absolute Gasteiger partial charge is 0.399 e. The van der Waals surface area contributed by atoms with E-state index in [0.29, 0.717) is 11.1 Å². The minimum Gasteiger partial charge on any atom is -0.399 e. The fourth-order valence-corrected chi connectivity index (χ4v) is 3.43. The molecular weight excluding hydrogens is 341 g/mol. The number of carbonyl (C=O) groups is 2. The van der Waals surface area contributed by atoms with Crippen molar-refractivity contribution in [2.45, 2.75) is 45.4 Å². The summed E-state index contributed by atoms with van der Waals surface area (Å²) in [5.74, 6) is -0.529. The van der Waals surface area contributed by atoms with Gasteiger partial charge in [-0.2, -0.15) is 0 Å². The largest absolute Gasteiger partial charge is 0.495 e. The van der Waals surface area contributed by atoms with Gasteiger partial charge < -0.3 is 9.31 Å². The van der Waals surface area contributed by atoms with Crippen LogP contribution in [0.25, 0.3) is 0 Å². The lowest BCUT2D eigenvalue weighted by atomic mass is 9.76. The Morgan fingerprint density at radius 1 is 0.815 bits per heavy atom. The number of nitrogens with zero attached hydrogens (tertiary/aromatic N) is 1. The summed E-state index contributed by atoms with van der Waals surface area (Å²) < 4.78 is 12.3. The van der Waals surface area contributed by atoms with Gasteiger partial charge in [0.15, 0.2) is 0 Å². The van der Waals surface area contributed by atoms with E-state index in [9.17, 15) is 9.59 Å². The molecule has 2 aliphatic heterocycles. The Kier molecular flexibility index (Phi) is 4.02. The van der Waals surface area contributed by atoms with Crippen molar-refractivity contribution in [2.75, 3.05) is 0 Å². The summed E-state index contributed by atoms with van der Waals surface area (Å²) in [7, 11) is -0.540. The third-order valence-electron chi connectivity index (χ3n) is 5.77. The zero-order valence-electron chi connectivity index (χ0n) is 16.0. The van der Waals surface area contributed by atoms with Crippen LogP contribution in [0.4, 0.5) is 0 Å². The summed E-state index contributed by atoms with van der Waals surface area (Å²) in [6, 6.07) is 14.6. The van der Waals surface area contributed by atoms with Crippen molar-refractivity contribution in [3.05, 3.63) is 65.2 Å². The van der Waals surface area contributed by atoms with Crippen molar-refractivity contribution in [3.63, 3.8) is 0 Å². The quantitative estimate of drug-likeness (QED) is 0.622. The molecule has 1 fully saturated rings. The molecule has 0 N–H and O–H groups in total. The number of hydrogen-bond acceptors (Lipinski definition) is 4. The summed E-state index contributed by atoms with van der Waals surface area (Å²) in [5.41, 5.74) is 1.67. The third-order valence-corrected chi connectivity index (χ3v) is 5.77. The van der Waals surface area contributed by atoms with Crippen molar-refractivity contribution < 1.29 is 18.9 Å². The van der Waals surface area contributed by atoms with Crippen LogP contribution < -0.4 is 5.46 Å². The molecule has 0 spiro atoms. The van der Waals surface area contributed by atoms with Crippen LogP contribution in [0, 0.1) is 0 Å². The summed E-state index contributed by atoms with van der Waals surface area (Å²) in [6.45, 7) is 8.19. The average molecular weight is 363 g/mol. The van der Waals surface area contributed by atoms with Gasteiger partial charge in [-0.15, -0.1) is 0 Å². The maximum Gasteiger partial charge on any atom is 0.495 e. The van der Waals surface area contributed by atoms with E-state index in [2.05, 4.69) is 0 Å². The lowest BCUT2D eigenvalue weighted by molar-refractivity contribution is 0.00578. The standard InChI is InChI=1S/C21H22BNO4/c1-20(2)21(3,4)27-22(26-20)17-12-8-5-9-14(17)13-23-18(24)15-10-6-7-11-16(15)19(23)25/h5-12H,13H2,1-4H3. The molecule has 27 heavy (non-hydrogen) atoms. The van der Waals surface area contributed by atoms with Gasteiger partial charge >= 0.3 is 7.12 Å². The molecule has 0 saturated carbocycles. The molecule has 2 heterocycles. The molecule has 2 aromatic carbocycles. The molecule has 2 aliphatic rings. The van der Waals surface area contributed by atoms with Gasteiger partial charge in [-0.25, -0.2) is 0 Å². The lowest BCUT2D eigenvalue weighted by Crippen LogP contribution is -2.41.